The Labute approximate surface area is 761 Å². The summed E-state index contributed by atoms with van der Waals surface area (Å²) < 4.78 is 125. The van der Waals surface area contributed by atoms with E-state index in [4.69, 9.17) is 111 Å². The van der Waals surface area contributed by atoms with Gasteiger partial charge >= 0.3 is 11.9 Å². The Morgan fingerprint density at radius 2 is 0.590 bits per heavy atom. The fourth-order valence-electron chi connectivity index (χ4n) is 18.0. The molecule has 11 heterocycles. The largest absolute Gasteiger partial charge is 0.477 e. The number of carboxylic acids is 2. The number of ether oxygens (including phenoxy) is 21. The van der Waals surface area contributed by atoms with Crippen LogP contribution in [-0.2, 0) is 109 Å². The number of carbonyl (C=O) groups is 2. The SMILES string of the molecule is CC1C(O)[C@H](O[C@@H]2OC(CO[C@]3(C(=O)O)C[C@@H](O)[C@@H](N)C([C@H](O)C(O)CO)O3)[C@H](O)C(O)[C@@H]2O)[C@H](CO)O[C@H]1OC1C(O)[C@H](O)C(CO)O[C@@H]1OCC1O[C@@H](O[C@@H]2C(CO)O[C@@H](O[C@@H]3C(CO)O[C@@H](C)C(C)[C@H]3O)[C@@H](C)C2O)[C@H](O)C(O[C@H]2O[C@H](CO)[C@@H](O)C(O)C2O[C@@H]2OC(CO)[C@@H](O[C@@H]3OC(CO[C@]4(C(=O)O)C[C@@H](O)[C@@H](N)C([C@H](O)C(O)CO)O4)[C@H](O)C(O)[C@@H]3O)C(O)[C@@H]2C)[C@@H]1O. The molecule has 0 amide bonds. The van der Waals surface area contributed by atoms with Gasteiger partial charge in [0.2, 0.25) is 0 Å². The molecule has 36 N–H and O–H groups in total. The molecule has 57 atom stereocenters. The van der Waals surface area contributed by atoms with E-state index >= 15 is 0 Å². The van der Waals surface area contributed by atoms with Gasteiger partial charge in [0.25, 0.3) is 11.6 Å². The van der Waals surface area contributed by atoms with Crippen molar-refractivity contribution in [3.8, 4) is 0 Å². The van der Waals surface area contributed by atoms with Crippen LogP contribution in [0.3, 0.4) is 0 Å². The number of nitrogens with two attached hydrogens (primary N) is 2. The summed E-state index contributed by atoms with van der Waals surface area (Å²) in [5.41, 5.74) is 11.9. The average molecular weight is 1970 g/mol. The lowest BCUT2D eigenvalue weighted by atomic mass is 9.88. The molecule has 134 heavy (non-hydrogen) atoms. The summed E-state index contributed by atoms with van der Waals surface area (Å²) in [5, 5.41) is 354. The molecule has 0 radical (unpaired) electrons. The lowest BCUT2D eigenvalue weighted by Crippen LogP contribution is -2.68. The van der Waals surface area contributed by atoms with Crippen molar-refractivity contribution < 1.29 is 272 Å². The first-order chi connectivity index (χ1) is 63.2. The number of aliphatic carboxylic acids is 2. The van der Waals surface area contributed by atoms with E-state index < -0.39 is 445 Å². The molecular weight excluding hydrogens is 1830 g/mol. The topological polar surface area (TPSA) is 927 Å². The van der Waals surface area contributed by atoms with E-state index in [2.05, 4.69) is 0 Å². The highest BCUT2D eigenvalue weighted by Crippen LogP contribution is 2.44. The Bertz CT molecular complexity index is 3610. The van der Waals surface area contributed by atoms with Gasteiger partial charge in [0.05, 0.1) is 127 Å². The second-order valence-electron chi connectivity index (χ2n) is 35.7. The summed E-state index contributed by atoms with van der Waals surface area (Å²) in [5.74, 6) is -14.7. The van der Waals surface area contributed by atoms with Crippen LogP contribution in [0.1, 0.15) is 47.5 Å². The molecule has 0 aliphatic carbocycles. The second-order valence-corrected chi connectivity index (χ2v) is 35.7. The maximum atomic E-state index is 12.8. The first-order valence-corrected chi connectivity index (χ1v) is 43.7. The normalized spacial score (nSPS) is 50.9. The predicted octanol–water partition coefficient (Wildman–Crippen LogP) is -20.5. The highest BCUT2D eigenvalue weighted by atomic mass is 16.8. The van der Waals surface area contributed by atoms with Crippen molar-refractivity contribution >= 4 is 11.9 Å². The van der Waals surface area contributed by atoms with E-state index in [0.717, 1.165) is 0 Å². The summed E-state index contributed by atoms with van der Waals surface area (Å²) in [7, 11) is 0. The quantitative estimate of drug-likeness (QED) is 0.0275. The van der Waals surface area contributed by atoms with Crippen LogP contribution in [0.25, 0.3) is 0 Å². The minimum atomic E-state index is -2.97. The monoisotopic (exact) mass is 1960 g/mol. The summed E-state index contributed by atoms with van der Waals surface area (Å²) in [6, 6.07) is -3.17. The average Bonchev–Trinajstić information content (AvgIpc) is 0.770. The molecule has 0 aromatic carbocycles. The number of carboxylic acid groups (broad SMARTS) is 2. The van der Waals surface area contributed by atoms with Crippen molar-refractivity contribution in [2.45, 2.75) is 372 Å². The van der Waals surface area contributed by atoms with E-state index in [0.29, 0.717) is 0 Å². The molecule has 0 aromatic heterocycles. The maximum absolute atomic E-state index is 12.8. The molecular formula is C77H132N2O55. The molecule has 11 fully saturated rings. The van der Waals surface area contributed by atoms with Crippen LogP contribution in [0, 0.1) is 23.7 Å². The molecule has 0 bridgehead atoms. The third kappa shape index (κ3) is 23.1. The van der Waals surface area contributed by atoms with Crippen LogP contribution in [0.2, 0.25) is 0 Å². The fraction of sp³-hybridized carbons (Fsp3) is 0.974. The fourth-order valence-corrected chi connectivity index (χ4v) is 18.0. The van der Waals surface area contributed by atoms with Crippen LogP contribution in [0.15, 0.2) is 0 Å². The number of aliphatic hydroxyl groups excluding tert-OH is 30. The summed E-state index contributed by atoms with van der Waals surface area (Å²) >= 11 is 0. The lowest BCUT2D eigenvalue weighted by Gasteiger charge is -2.51. The van der Waals surface area contributed by atoms with Crippen LogP contribution >= 0.6 is 0 Å². The molecule has 57 nitrogen and oxygen atoms in total. The molecule has 57 heteroatoms. The molecule has 11 aliphatic heterocycles. The molecule has 11 rings (SSSR count). The Balaban J connectivity index is 0.829. The Morgan fingerprint density at radius 1 is 0.306 bits per heavy atom. The molecule has 23 unspecified atom stereocenters. The van der Waals surface area contributed by atoms with Crippen molar-refractivity contribution in [3.63, 3.8) is 0 Å². The van der Waals surface area contributed by atoms with Crippen molar-refractivity contribution in [1.82, 2.24) is 0 Å². The molecule has 11 saturated heterocycles. The van der Waals surface area contributed by atoms with Crippen LogP contribution < -0.4 is 11.5 Å². The zero-order valence-corrected chi connectivity index (χ0v) is 72.8. The van der Waals surface area contributed by atoms with Crippen molar-refractivity contribution in [2.75, 3.05) is 72.7 Å². The predicted molar refractivity (Wildman–Crippen MR) is 417 cm³/mol. The van der Waals surface area contributed by atoms with E-state index in [-0.39, 0.29) is 0 Å². The number of hydrogen-bond acceptors (Lipinski definition) is 55. The van der Waals surface area contributed by atoms with Crippen LogP contribution in [0.5, 0.6) is 0 Å². The zero-order chi connectivity index (χ0) is 99.0. The Kier molecular flexibility index (Phi) is 39.1. The standard InChI is InChI=1S/C77H132N2O55/c1-19-23(5)117-30(12-84)57(39(19)92)126-66-20(2)40(93)60(33(15-87)120-66)129-71-56(109)63(130-73-65(53(106)46(99)29(11-83)119-73)132-68-22(4)42(95)59(32(14-86)122-68)128-70-55(108)51(104)48(101)36(125-70)18-116-77(75(112)113)7-25(89)38(79)62(134-77)44(97)27(91)9-81)49(102)34(123-71)16-114-72-64(52(105)45(98)28(10-82)118-72)131-67-21(3)41(94)58(31(13-85)121-67)127-69-54(107)50(103)47(100)35(124-69)17-115-76(74(110)111)6-24(88)37(78)61(133-76)43(96)26(90)8-80/h19-73,80-109H,6-18,78-79H2,1-5H3,(H,110,111)(H,112,113)/t19?,20-,21?,22-,23-,24+,25+,26?,27?,28?,29+,30?,31-,32?,33?,34?,35?,36?,37+,38+,39+,40?,41?,42?,43+,44+,45+,46+,47-,48-,49+,50?,51?,52?,53?,54-,55-,56+,57+,58+,59+,60+,61?,62?,63?,64?,65?,66-,67-,68-,69-,70-,71-,72-,73+,76+,77+/m0/s1. The minimum Gasteiger partial charge on any atom is -0.477 e. The van der Waals surface area contributed by atoms with E-state index in [1.807, 2.05) is 0 Å². The summed E-state index contributed by atoms with van der Waals surface area (Å²) in [6.45, 7) is -4.65. The van der Waals surface area contributed by atoms with Gasteiger partial charge in [-0.3, -0.25) is 0 Å². The molecule has 780 valence electrons. The Hall–Kier alpha value is -3.18. The number of rotatable bonds is 37. The third-order valence-corrected chi connectivity index (χ3v) is 26.8. The highest BCUT2D eigenvalue weighted by Gasteiger charge is 2.63. The van der Waals surface area contributed by atoms with Gasteiger partial charge in [-0.25, -0.2) is 9.59 Å². The zero-order valence-electron chi connectivity index (χ0n) is 72.8. The highest BCUT2D eigenvalue weighted by molar-refractivity contribution is 5.76. The van der Waals surface area contributed by atoms with Gasteiger partial charge in [-0.15, -0.1) is 0 Å². The summed E-state index contributed by atoms with van der Waals surface area (Å²) in [6.07, 6.45) is -98.7. The van der Waals surface area contributed by atoms with Gasteiger partial charge < -0.3 is 274 Å². The van der Waals surface area contributed by atoms with Crippen molar-refractivity contribution in [1.29, 1.82) is 0 Å². The van der Waals surface area contributed by atoms with Crippen molar-refractivity contribution in [2.24, 2.45) is 35.1 Å². The van der Waals surface area contributed by atoms with Gasteiger partial charge in [-0.1, -0.05) is 27.7 Å². The van der Waals surface area contributed by atoms with Crippen LogP contribution in [-0.4, -0.2) is 572 Å². The molecule has 0 aromatic rings. The van der Waals surface area contributed by atoms with Gasteiger partial charge in [0, 0.05) is 36.5 Å². The third-order valence-electron chi connectivity index (χ3n) is 26.8. The molecule has 0 spiro atoms. The first-order valence-electron chi connectivity index (χ1n) is 43.7. The number of hydrogen-bond donors (Lipinski definition) is 34. The van der Waals surface area contributed by atoms with Crippen molar-refractivity contribution in [3.05, 3.63) is 0 Å². The smallest absolute Gasteiger partial charge is 0.364 e. The minimum absolute atomic E-state index is 0.584. The van der Waals surface area contributed by atoms with E-state index in [1.54, 1.807) is 13.8 Å². The van der Waals surface area contributed by atoms with E-state index in [1.165, 1.54) is 20.8 Å². The maximum Gasteiger partial charge on any atom is 0.364 e. The van der Waals surface area contributed by atoms with Gasteiger partial charge in [0.1, 0.15) is 208 Å². The number of aliphatic hydroxyl groups is 30. The van der Waals surface area contributed by atoms with Gasteiger partial charge in [-0.05, 0) is 6.92 Å². The molecule has 0 saturated carbocycles. The molecule has 11 aliphatic rings. The van der Waals surface area contributed by atoms with Gasteiger partial charge in [0.15, 0.2) is 50.3 Å². The summed E-state index contributed by atoms with van der Waals surface area (Å²) in [4.78, 5) is 25.7. The van der Waals surface area contributed by atoms with Crippen LogP contribution in [0.4, 0.5) is 0 Å². The van der Waals surface area contributed by atoms with E-state index in [9.17, 15) is 173 Å². The lowest BCUT2D eigenvalue weighted by molar-refractivity contribution is -0.402. The second kappa shape index (κ2) is 47.1. The first kappa shape index (κ1) is 111. The Morgan fingerprint density at radius 3 is 0.940 bits per heavy atom. The van der Waals surface area contributed by atoms with Gasteiger partial charge in [-0.2, -0.15) is 0 Å².